The van der Waals surface area contributed by atoms with Crippen LogP contribution in [-0.4, -0.2) is 32.3 Å². The van der Waals surface area contributed by atoms with Crippen molar-refractivity contribution in [2.45, 2.75) is 6.92 Å². The Morgan fingerprint density at radius 2 is 1.74 bits per heavy atom. The second-order valence-corrected chi connectivity index (χ2v) is 8.84. The fourth-order valence-corrected chi connectivity index (χ4v) is 4.31. The van der Waals surface area contributed by atoms with Gasteiger partial charge in [0.25, 0.3) is 11.5 Å². The van der Waals surface area contributed by atoms with Gasteiger partial charge in [0.1, 0.15) is 28.6 Å². The molecule has 5 rings (SSSR count). The molecule has 0 radical (unpaired) electrons. The van der Waals surface area contributed by atoms with E-state index in [1.54, 1.807) is 61.1 Å². The Labute approximate surface area is 223 Å². The van der Waals surface area contributed by atoms with Gasteiger partial charge in [0.05, 0.1) is 30.4 Å². The van der Waals surface area contributed by atoms with Crippen LogP contribution in [0, 0.1) is 12.7 Å². The fourth-order valence-electron chi connectivity index (χ4n) is 4.31. The topological polar surface area (TPSA) is 117 Å². The minimum absolute atomic E-state index is 0.0544. The molecule has 2 aromatic heterocycles. The van der Waals surface area contributed by atoms with Gasteiger partial charge in [0, 0.05) is 29.9 Å². The first-order valence-corrected chi connectivity index (χ1v) is 12.0. The largest absolute Gasteiger partial charge is 0.497 e. The average Bonchev–Trinajstić information content (AvgIpc) is 3.16. The number of hydrogen-bond acceptors (Lipinski definition) is 6. The molecule has 0 spiro atoms. The molecule has 0 aliphatic carbocycles. The molecule has 196 valence electrons. The zero-order valence-electron chi connectivity index (χ0n) is 21.5. The number of hydrogen-bond donors (Lipinski definition) is 2. The van der Waals surface area contributed by atoms with Gasteiger partial charge in [-0.2, -0.15) is 0 Å². The minimum atomic E-state index is -0.517. The highest BCUT2D eigenvalue weighted by molar-refractivity contribution is 6.05. The molecule has 0 aliphatic rings. The number of nitrogen functional groups attached to an aromatic ring is 1. The van der Waals surface area contributed by atoms with Crippen molar-refractivity contribution in [3.63, 3.8) is 0 Å². The summed E-state index contributed by atoms with van der Waals surface area (Å²) in [6.07, 6.45) is 1.46. The Hall–Kier alpha value is -5.25. The lowest BCUT2D eigenvalue weighted by Crippen LogP contribution is -2.25. The van der Waals surface area contributed by atoms with Crippen LogP contribution in [-0.2, 0) is 7.05 Å². The number of amides is 1. The standard InChI is InChI=1S/C29H25FN6O3/c1-17-25(29(38)36(35(17)2)22-7-5-4-6-8-22)28(37)33-21-11-9-18(10-12-21)26-27(31)32-16-24(34-26)19-13-20(30)15-23(14-19)39-3/h4-16H,1-3H3,(H2,31,32)(H,33,37). The normalized spacial score (nSPS) is 10.9. The number of nitrogens with zero attached hydrogens (tertiary/aromatic N) is 4. The number of ether oxygens (including phenoxy) is 1. The van der Waals surface area contributed by atoms with Crippen LogP contribution < -0.4 is 21.3 Å². The molecule has 3 aromatic carbocycles. The molecular weight excluding hydrogens is 499 g/mol. The number of benzene rings is 3. The summed E-state index contributed by atoms with van der Waals surface area (Å²) in [7, 11) is 3.19. The van der Waals surface area contributed by atoms with E-state index in [0.717, 1.165) is 0 Å². The fraction of sp³-hybridized carbons (Fsp3) is 0.103. The third kappa shape index (κ3) is 4.87. The number of halogens is 1. The van der Waals surface area contributed by atoms with Crippen molar-refractivity contribution in [1.82, 2.24) is 19.3 Å². The number of carbonyl (C=O) groups is 1. The molecule has 0 bridgehead atoms. The number of nitrogens with one attached hydrogen (secondary N) is 1. The van der Waals surface area contributed by atoms with Crippen LogP contribution in [0.25, 0.3) is 28.2 Å². The van der Waals surface area contributed by atoms with Crippen LogP contribution in [0.5, 0.6) is 5.75 Å². The Bertz CT molecular complexity index is 1740. The number of carbonyl (C=O) groups excluding carboxylic acids is 1. The van der Waals surface area contributed by atoms with Crippen molar-refractivity contribution >= 4 is 17.4 Å². The number of methoxy groups -OCH3 is 1. The molecule has 0 saturated carbocycles. The smallest absolute Gasteiger partial charge is 0.284 e. The first-order valence-electron chi connectivity index (χ1n) is 12.0. The SMILES string of the molecule is COc1cc(F)cc(-c2cnc(N)c(-c3ccc(NC(=O)c4c(C)n(C)n(-c5ccccc5)c4=O)cc3)n2)c1. The Morgan fingerprint density at radius 3 is 2.44 bits per heavy atom. The average molecular weight is 525 g/mol. The zero-order valence-corrected chi connectivity index (χ0v) is 21.5. The van der Waals surface area contributed by atoms with Crippen molar-refractivity contribution in [2.24, 2.45) is 7.05 Å². The minimum Gasteiger partial charge on any atom is -0.497 e. The summed E-state index contributed by atoms with van der Waals surface area (Å²) in [5.41, 5.74) is 9.37. The number of para-hydroxylation sites is 1. The van der Waals surface area contributed by atoms with Crippen LogP contribution >= 0.6 is 0 Å². The van der Waals surface area contributed by atoms with Crippen molar-refractivity contribution in [3.05, 3.63) is 106 Å². The molecule has 1 amide bonds. The molecule has 5 aromatic rings. The summed E-state index contributed by atoms with van der Waals surface area (Å²) in [6.45, 7) is 1.72. The van der Waals surface area contributed by atoms with E-state index >= 15 is 0 Å². The Morgan fingerprint density at radius 1 is 1.03 bits per heavy atom. The Balaban J connectivity index is 1.41. The highest BCUT2D eigenvalue weighted by Gasteiger charge is 2.22. The van der Waals surface area contributed by atoms with Gasteiger partial charge < -0.3 is 15.8 Å². The molecular formula is C29H25FN6O3. The molecule has 9 nitrogen and oxygen atoms in total. The maximum absolute atomic E-state index is 14.0. The van der Waals surface area contributed by atoms with Crippen molar-refractivity contribution in [3.8, 4) is 34.0 Å². The van der Waals surface area contributed by atoms with E-state index in [4.69, 9.17) is 10.5 Å². The Kier molecular flexibility index (Phi) is 6.68. The summed E-state index contributed by atoms with van der Waals surface area (Å²) in [5, 5.41) is 2.79. The number of nitrogens with two attached hydrogens (primary N) is 1. The first-order chi connectivity index (χ1) is 18.8. The molecule has 0 atom stereocenters. The summed E-state index contributed by atoms with van der Waals surface area (Å²) in [4.78, 5) is 35.1. The van der Waals surface area contributed by atoms with Crippen molar-refractivity contribution in [2.75, 3.05) is 18.2 Å². The second-order valence-electron chi connectivity index (χ2n) is 8.84. The second kappa shape index (κ2) is 10.3. The van der Waals surface area contributed by atoms with Gasteiger partial charge in [-0.15, -0.1) is 0 Å². The van der Waals surface area contributed by atoms with Gasteiger partial charge in [-0.1, -0.05) is 30.3 Å². The van der Waals surface area contributed by atoms with E-state index in [1.165, 1.54) is 30.1 Å². The molecule has 0 aliphatic heterocycles. The maximum Gasteiger partial charge on any atom is 0.284 e. The molecule has 0 fully saturated rings. The van der Waals surface area contributed by atoms with E-state index in [1.807, 2.05) is 18.2 Å². The third-order valence-corrected chi connectivity index (χ3v) is 6.40. The number of aromatic nitrogens is 4. The number of anilines is 2. The lowest BCUT2D eigenvalue weighted by Gasteiger charge is -2.10. The quantitative estimate of drug-likeness (QED) is 0.336. The summed E-state index contributed by atoms with van der Waals surface area (Å²) in [6, 6.07) is 20.2. The molecule has 39 heavy (non-hydrogen) atoms. The molecule has 0 unspecified atom stereocenters. The zero-order chi connectivity index (χ0) is 27.7. The third-order valence-electron chi connectivity index (χ3n) is 6.40. The number of rotatable bonds is 6. The predicted molar refractivity (Wildman–Crippen MR) is 148 cm³/mol. The van der Waals surface area contributed by atoms with E-state index in [0.29, 0.717) is 45.3 Å². The monoisotopic (exact) mass is 524 g/mol. The lowest BCUT2D eigenvalue weighted by molar-refractivity contribution is 0.102. The van der Waals surface area contributed by atoms with Gasteiger partial charge in [-0.3, -0.25) is 14.3 Å². The van der Waals surface area contributed by atoms with Crippen LogP contribution in [0.1, 0.15) is 16.1 Å². The molecule has 10 heteroatoms. The molecule has 3 N–H and O–H groups in total. The van der Waals surface area contributed by atoms with Gasteiger partial charge in [-0.25, -0.2) is 19.0 Å². The van der Waals surface area contributed by atoms with Crippen molar-refractivity contribution < 1.29 is 13.9 Å². The first kappa shape index (κ1) is 25.4. The molecule has 2 heterocycles. The van der Waals surface area contributed by atoms with E-state index < -0.39 is 17.3 Å². The summed E-state index contributed by atoms with van der Waals surface area (Å²) < 4.78 is 22.3. The van der Waals surface area contributed by atoms with Gasteiger partial charge in [-0.05, 0) is 43.3 Å². The molecule has 0 saturated heterocycles. The van der Waals surface area contributed by atoms with Gasteiger partial charge in [0.15, 0.2) is 0 Å². The van der Waals surface area contributed by atoms with E-state index in [9.17, 15) is 14.0 Å². The van der Waals surface area contributed by atoms with Crippen LogP contribution in [0.4, 0.5) is 15.9 Å². The maximum atomic E-state index is 14.0. The highest BCUT2D eigenvalue weighted by atomic mass is 19.1. The van der Waals surface area contributed by atoms with E-state index in [-0.39, 0.29) is 11.4 Å². The van der Waals surface area contributed by atoms with Gasteiger partial charge >= 0.3 is 0 Å². The van der Waals surface area contributed by atoms with Crippen LogP contribution in [0.2, 0.25) is 0 Å². The van der Waals surface area contributed by atoms with Crippen molar-refractivity contribution in [1.29, 1.82) is 0 Å². The predicted octanol–water partition coefficient (Wildman–Crippen LogP) is 4.59. The van der Waals surface area contributed by atoms with Crippen LogP contribution in [0.15, 0.2) is 83.8 Å². The summed E-state index contributed by atoms with van der Waals surface area (Å²) in [5.74, 6) is -0.430. The van der Waals surface area contributed by atoms with E-state index in [2.05, 4.69) is 15.3 Å². The summed E-state index contributed by atoms with van der Waals surface area (Å²) >= 11 is 0. The van der Waals surface area contributed by atoms with Gasteiger partial charge in [0.2, 0.25) is 0 Å². The lowest BCUT2D eigenvalue weighted by atomic mass is 10.1. The van der Waals surface area contributed by atoms with Crippen LogP contribution in [0.3, 0.4) is 0 Å². The highest BCUT2D eigenvalue weighted by Crippen LogP contribution is 2.29.